The normalized spacial score (nSPS) is 11.1. The van der Waals surface area contributed by atoms with Gasteiger partial charge in [-0.15, -0.1) is 0 Å². The first kappa shape index (κ1) is 28.6. The predicted octanol–water partition coefficient (Wildman–Crippen LogP) is 5.66. The zero-order valence-corrected chi connectivity index (χ0v) is 23.6. The summed E-state index contributed by atoms with van der Waals surface area (Å²) in [5, 5.41) is 13.7. The number of aromatic hydroxyl groups is 1. The number of aryl methyl sites for hydroxylation is 1. The van der Waals surface area contributed by atoms with Gasteiger partial charge in [0.25, 0.3) is 5.91 Å². The SMILES string of the molecule is CCN(CCOCCNC(=O)c1ccc(-c2c3ccc(=O)cc-3oc3cc(O)ccc23)c(C)c1)c1ccc(C=O)cc1. The van der Waals surface area contributed by atoms with Crippen LogP contribution in [0.25, 0.3) is 33.4 Å². The van der Waals surface area contributed by atoms with Crippen molar-refractivity contribution in [3.05, 3.63) is 106 Å². The van der Waals surface area contributed by atoms with Gasteiger partial charge in [0.05, 0.1) is 13.2 Å². The molecule has 0 fully saturated rings. The molecule has 0 spiro atoms. The summed E-state index contributed by atoms with van der Waals surface area (Å²) in [7, 11) is 0. The topological polar surface area (TPSA) is 109 Å². The summed E-state index contributed by atoms with van der Waals surface area (Å²) >= 11 is 0. The quantitative estimate of drug-likeness (QED) is 0.121. The van der Waals surface area contributed by atoms with E-state index in [0.29, 0.717) is 48.8 Å². The predicted molar refractivity (Wildman–Crippen MR) is 164 cm³/mol. The molecule has 0 saturated carbocycles. The van der Waals surface area contributed by atoms with E-state index < -0.39 is 0 Å². The number of amides is 1. The Balaban J connectivity index is 1.22. The van der Waals surface area contributed by atoms with Crippen LogP contribution in [0.4, 0.5) is 5.69 Å². The summed E-state index contributed by atoms with van der Waals surface area (Å²) in [4.78, 5) is 37.9. The zero-order valence-electron chi connectivity index (χ0n) is 23.6. The number of phenols is 1. The lowest BCUT2D eigenvalue weighted by atomic mass is 9.90. The van der Waals surface area contributed by atoms with Gasteiger partial charge in [0.2, 0.25) is 0 Å². The molecule has 8 heteroatoms. The van der Waals surface area contributed by atoms with E-state index in [2.05, 4.69) is 17.1 Å². The number of fused-ring (bicyclic) bond motifs is 2. The second-order valence-corrected chi connectivity index (χ2v) is 10.0. The van der Waals surface area contributed by atoms with Crippen LogP contribution in [0.5, 0.6) is 5.75 Å². The number of hydrogen-bond acceptors (Lipinski definition) is 7. The van der Waals surface area contributed by atoms with Crippen molar-refractivity contribution in [1.82, 2.24) is 5.32 Å². The van der Waals surface area contributed by atoms with Crippen molar-refractivity contribution in [1.29, 1.82) is 0 Å². The Labute approximate surface area is 243 Å². The Hall–Kier alpha value is -4.95. The van der Waals surface area contributed by atoms with Crippen molar-refractivity contribution in [2.75, 3.05) is 37.7 Å². The smallest absolute Gasteiger partial charge is 0.251 e. The van der Waals surface area contributed by atoms with E-state index in [1.54, 1.807) is 36.4 Å². The van der Waals surface area contributed by atoms with Crippen LogP contribution in [0, 0.1) is 6.92 Å². The number of nitrogens with one attached hydrogen (secondary N) is 1. The highest BCUT2D eigenvalue weighted by molar-refractivity contribution is 6.03. The van der Waals surface area contributed by atoms with Crippen LogP contribution < -0.4 is 15.6 Å². The van der Waals surface area contributed by atoms with Gasteiger partial charge < -0.3 is 24.5 Å². The zero-order chi connectivity index (χ0) is 29.6. The van der Waals surface area contributed by atoms with E-state index in [1.165, 1.54) is 18.2 Å². The third-order valence-electron chi connectivity index (χ3n) is 7.25. The van der Waals surface area contributed by atoms with Gasteiger partial charge in [0, 0.05) is 65.1 Å². The van der Waals surface area contributed by atoms with Crippen LogP contribution in [0.15, 0.2) is 88.1 Å². The van der Waals surface area contributed by atoms with Gasteiger partial charge in [-0.05, 0) is 85.6 Å². The molecule has 3 aromatic rings. The molecule has 1 heterocycles. The van der Waals surface area contributed by atoms with Gasteiger partial charge in [-0.1, -0.05) is 6.07 Å². The molecule has 0 radical (unpaired) electrons. The van der Waals surface area contributed by atoms with Gasteiger partial charge in [0.15, 0.2) is 5.43 Å². The number of ether oxygens (including phenoxy) is 1. The fraction of sp³-hybridized carbons (Fsp3) is 0.206. The molecule has 8 nitrogen and oxygen atoms in total. The minimum Gasteiger partial charge on any atom is -0.508 e. The molecule has 2 N–H and O–H groups in total. The van der Waals surface area contributed by atoms with Crippen LogP contribution in [0.3, 0.4) is 0 Å². The standard InChI is InChI=1S/C34H32N2O6/c1-3-36(25-7-4-23(21-37)5-8-25)15-17-41-16-14-35-34(40)24-6-11-28(22(2)18-24)33-29-12-9-26(38)19-31(29)42-32-20-27(39)10-13-30(32)33/h4-13,18-21,38H,3,14-17H2,1-2H3,(H,35,40). The van der Waals surface area contributed by atoms with Gasteiger partial charge in [-0.3, -0.25) is 14.4 Å². The number of carbonyl (C=O) groups excluding carboxylic acids is 2. The lowest BCUT2D eigenvalue weighted by molar-refractivity contribution is 0.0918. The van der Waals surface area contributed by atoms with E-state index in [9.17, 15) is 19.5 Å². The highest BCUT2D eigenvalue weighted by atomic mass is 16.5. The Morgan fingerprint density at radius 1 is 0.976 bits per heavy atom. The molecular formula is C34H32N2O6. The van der Waals surface area contributed by atoms with Crippen molar-refractivity contribution >= 4 is 28.8 Å². The molecule has 5 rings (SSSR count). The van der Waals surface area contributed by atoms with E-state index in [1.807, 2.05) is 31.2 Å². The second kappa shape index (κ2) is 12.7. The average molecular weight is 565 g/mol. The van der Waals surface area contributed by atoms with Crippen molar-refractivity contribution in [3.63, 3.8) is 0 Å². The maximum atomic E-state index is 12.9. The number of benzene rings is 4. The summed E-state index contributed by atoms with van der Waals surface area (Å²) in [6.45, 7) is 6.75. The van der Waals surface area contributed by atoms with Crippen molar-refractivity contribution in [3.8, 4) is 28.2 Å². The third kappa shape index (κ3) is 6.19. The van der Waals surface area contributed by atoms with Crippen molar-refractivity contribution < 1.29 is 23.8 Å². The summed E-state index contributed by atoms with van der Waals surface area (Å²) in [5.74, 6) is 0.294. The summed E-state index contributed by atoms with van der Waals surface area (Å²) in [5.41, 5.74) is 5.90. The largest absolute Gasteiger partial charge is 0.508 e. The minimum atomic E-state index is -0.197. The molecule has 0 atom stereocenters. The fourth-order valence-electron chi connectivity index (χ4n) is 5.08. The maximum absolute atomic E-state index is 12.9. The monoisotopic (exact) mass is 564 g/mol. The average Bonchev–Trinajstić information content (AvgIpc) is 2.99. The number of hydrogen-bond donors (Lipinski definition) is 2. The number of nitrogens with zero attached hydrogens (tertiary/aromatic N) is 1. The maximum Gasteiger partial charge on any atom is 0.251 e. The van der Waals surface area contributed by atoms with E-state index in [-0.39, 0.29) is 17.1 Å². The van der Waals surface area contributed by atoms with Gasteiger partial charge in [-0.2, -0.15) is 0 Å². The van der Waals surface area contributed by atoms with Crippen LogP contribution in [0.2, 0.25) is 0 Å². The molecule has 0 unspecified atom stereocenters. The van der Waals surface area contributed by atoms with Crippen LogP contribution in [0.1, 0.15) is 33.2 Å². The number of rotatable bonds is 11. The molecular weight excluding hydrogens is 532 g/mol. The summed E-state index contributed by atoms with van der Waals surface area (Å²) in [6, 6.07) is 22.5. The Morgan fingerprint density at radius 3 is 2.50 bits per heavy atom. The molecule has 1 amide bonds. The van der Waals surface area contributed by atoms with Gasteiger partial charge in [-0.25, -0.2) is 0 Å². The van der Waals surface area contributed by atoms with E-state index in [0.717, 1.165) is 46.2 Å². The number of carbonyl (C=O) groups is 2. The first-order chi connectivity index (χ1) is 20.4. The second-order valence-electron chi connectivity index (χ2n) is 10.0. The summed E-state index contributed by atoms with van der Waals surface area (Å²) < 4.78 is 11.7. The molecule has 3 aromatic carbocycles. The van der Waals surface area contributed by atoms with Crippen molar-refractivity contribution in [2.45, 2.75) is 13.8 Å². The molecule has 214 valence electrons. The van der Waals surface area contributed by atoms with Gasteiger partial charge >= 0.3 is 0 Å². The Morgan fingerprint density at radius 2 is 1.76 bits per heavy atom. The number of aldehydes is 1. The molecule has 0 saturated heterocycles. The highest BCUT2D eigenvalue weighted by Crippen LogP contribution is 2.41. The minimum absolute atomic E-state index is 0.0654. The number of likely N-dealkylation sites (N-methyl/N-ethyl adjacent to an activating group) is 1. The van der Waals surface area contributed by atoms with Gasteiger partial charge in [0.1, 0.15) is 23.4 Å². The highest BCUT2D eigenvalue weighted by Gasteiger charge is 2.19. The first-order valence-corrected chi connectivity index (χ1v) is 13.8. The number of anilines is 1. The lowest BCUT2D eigenvalue weighted by Gasteiger charge is -2.23. The lowest BCUT2D eigenvalue weighted by Crippen LogP contribution is -2.30. The van der Waals surface area contributed by atoms with Crippen molar-refractivity contribution in [2.24, 2.45) is 0 Å². The van der Waals surface area contributed by atoms with Crippen LogP contribution in [-0.4, -0.2) is 50.1 Å². The molecule has 0 bridgehead atoms. The van der Waals surface area contributed by atoms with Crippen LogP contribution >= 0.6 is 0 Å². The third-order valence-corrected chi connectivity index (χ3v) is 7.25. The summed E-state index contributed by atoms with van der Waals surface area (Å²) in [6.07, 6.45) is 0.828. The molecule has 0 aromatic heterocycles. The Kier molecular flexibility index (Phi) is 8.64. The molecule has 42 heavy (non-hydrogen) atoms. The molecule has 2 aliphatic rings. The van der Waals surface area contributed by atoms with E-state index >= 15 is 0 Å². The fourth-order valence-corrected chi connectivity index (χ4v) is 5.08. The number of phenolic OH excluding ortho intramolecular Hbond substituents is 1. The Bertz CT molecular complexity index is 1760. The van der Waals surface area contributed by atoms with Crippen LogP contribution in [-0.2, 0) is 4.74 Å². The molecule has 1 aliphatic heterocycles. The first-order valence-electron chi connectivity index (χ1n) is 13.8. The molecule has 1 aliphatic carbocycles. The van der Waals surface area contributed by atoms with E-state index in [4.69, 9.17) is 9.15 Å².